The Kier molecular flexibility index (Phi) is 4.70. The number of aromatic hydroxyl groups is 1. The molecule has 0 saturated carbocycles. The van der Waals surface area contributed by atoms with Gasteiger partial charge in [0.25, 0.3) is 0 Å². The highest BCUT2D eigenvalue weighted by molar-refractivity contribution is 6.00. The fourth-order valence-electron chi connectivity index (χ4n) is 2.51. The summed E-state index contributed by atoms with van der Waals surface area (Å²) in [4.78, 5) is 24.2. The van der Waals surface area contributed by atoms with Crippen molar-refractivity contribution in [3.05, 3.63) is 59.9 Å². The molecule has 6 nitrogen and oxygen atoms in total. The van der Waals surface area contributed by atoms with Gasteiger partial charge in [0.05, 0.1) is 25.4 Å². The Morgan fingerprint density at radius 2 is 1.96 bits per heavy atom. The molecule has 0 saturated heterocycles. The van der Waals surface area contributed by atoms with Gasteiger partial charge in [0.15, 0.2) is 6.61 Å². The molecule has 128 valence electrons. The number of esters is 1. The summed E-state index contributed by atoms with van der Waals surface area (Å²) in [6.07, 6.45) is 1.41. The number of phenolic OH excluding ortho intramolecular Hbond substituents is 1. The molecule has 25 heavy (non-hydrogen) atoms. The molecule has 0 amide bonds. The van der Waals surface area contributed by atoms with Crippen LogP contribution < -0.4 is 4.74 Å². The Balaban J connectivity index is 1.63. The van der Waals surface area contributed by atoms with E-state index in [1.165, 1.54) is 25.5 Å². The molecule has 0 atom stereocenters. The molecule has 6 heteroatoms. The third kappa shape index (κ3) is 3.63. The molecule has 1 N–H and O–H groups in total. The number of para-hydroxylation sites is 1. The van der Waals surface area contributed by atoms with Gasteiger partial charge in [-0.05, 0) is 24.3 Å². The van der Waals surface area contributed by atoms with E-state index in [0.29, 0.717) is 27.8 Å². The van der Waals surface area contributed by atoms with Gasteiger partial charge in [-0.15, -0.1) is 0 Å². The number of Topliss-reactive ketones (excluding diaryl/α,β-unsaturated/α-hetero) is 1. The maximum atomic E-state index is 12.2. The van der Waals surface area contributed by atoms with Crippen molar-refractivity contribution in [2.24, 2.45) is 0 Å². The van der Waals surface area contributed by atoms with E-state index >= 15 is 0 Å². The Morgan fingerprint density at radius 3 is 2.76 bits per heavy atom. The van der Waals surface area contributed by atoms with Crippen molar-refractivity contribution >= 4 is 22.7 Å². The number of phenols is 1. The van der Waals surface area contributed by atoms with E-state index in [2.05, 4.69) is 0 Å². The second-order valence-electron chi connectivity index (χ2n) is 5.40. The van der Waals surface area contributed by atoms with E-state index in [9.17, 15) is 14.7 Å². The van der Waals surface area contributed by atoms with E-state index in [-0.39, 0.29) is 24.6 Å². The highest BCUT2D eigenvalue weighted by atomic mass is 16.5. The average molecular weight is 340 g/mol. The van der Waals surface area contributed by atoms with Crippen LogP contribution in [0.2, 0.25) is 0 Å². The van der Waals surface area contributed by atoms with Gasteiger partial charge < -0.3 is 19.0 Å². The summed E-state index contributed by atoms with van der Waals surface area (Å²) >= 11 is 0. The van der Waals surface area contributed by atoms with Crippen molar-refractivity contribution in [2.75, 3.05) is 13.7 Å². The first-order valence-corrected chi connectivity index (χ1v) is 7.59. The molecule has 0 unspecified atom stereocenters. The fourth-order valence-corrected chi connectivity index (χ4v) is 2.51. The van der Waals surface area contributed by atoms with Gasteiger partial charge >= 0.3 is 5.97 Å². The number of methoxy groups -OCH3 is 1. The topological polar surface area (TPSA) is 86.0 Å². The number of carbonyl (C=O) groups is 2. The van der Waals surface area contributed by atoms with Gasteiger partial charge in [-0.2, -0.15) is 0 Å². The molecule has 3 rings (SSSR count). The van der Waals surface area contributed by atoms with Crippen molar-refractivity contribution in [1.29, 1.82) is 0 Å². The van der Waals surface area contributed by atoms with Crippen LogP contribution in [0.4, 0.5) is 0 Å². The van der Waals surface area contributed by atoms with Crippen LogP contribution in [0.3, 0.4) is 0 Å². The highest BCUT2D eigenvalue weighted by Gasteiger charge is 2.16. The van der Waals surface area contributed by atoms with Gasteiger partial charge in [-0.1, -0.05) is 12.1 Å². The lowest BCUT2D eigenvalue weighted by atomic mass is 10.1. The Hall–Kier alpha value is -3.28. The zero-order valence-corrected chi connectivity index (χ0v) is 13.5. The second kappa shape index (κ2) is 7.09. The summed E-state index contributed by atoms with van der Waals surface area (Å²) in [7, 11) is 1.47. The first kappa shape index (κ1) is 16.6. The van der Waals surface area contributed by atoms with Crippen molar-refractivity contribution in [3.63, 3.8) is 0 Å². The zero-order valence-electron chi connectivity index (χ0n) is 13.5. The van der Waals surface area contributed by atoms with Gasteiger partial charge in [0.2, 0.25) is 5.78 Å². The lowest BCUT2D eigenvalue weighted by Gasteiger charge is -2.07. The number of ether oxygens (including phenoxy) is 2. The zero-order chi connectivity index (χ0) is 17.8. The maximum absolute atomic E-state index is 12.2. The maximum Gasteiger partial charge on any atom is 0.310 e. The molecule has 2 aromatic carbocycles. The molecule has 0 spiro atoms. The van der Waals surface area contributed by atoms with Crippen LogP contribution in [0.25, 0.3) is 11.0 Å². The van der Waals surface area contributed by atoms with Crippen molar-refractivity contribution < 1.29 is 28.6 Å². The molecule has 0 radical (unpaired) electrons. The first-order chi connectivity index (χ1) is 12.1. The predicted molar refractivity (Wildman–Crippen MR) is 89.9 cm³/mol. The Bertz CT molecular complexity index is 925. The molecule has 0 aliphatic heterocycles. The molecule has 0 fully saturated rings. The Labute approximate surface area is 143 Å². The van der Waals surface area contributed by atoms with Crippen LogP contribution in [-0.2, 0) is 16.0 Å². The van der Waals surface area contributed by atoms with Crippen molar-refractivity contribution in [1.82, 2.24) is 0 Å². The highest BCUT2D eigenvalue weighted by Crippen LogP contribution is 2.25. The lowest BCUT2D eigenvalue weighted by Crippen LogP contribution is -2.16. The number of rotatable bonds is 6. The molecule has 0 aliphatic carbocycles. The molecule has 1 aromatic heterocycles. The molecule has 0 bridgehead atoms. The minimum atomic E-state index is -0.543. The van der Waals surface area contributed by atoms with Gasteiger partial charge in [0.1, 0.15) is 17.1 Å². The van der Waals surface area contributed by atoms with Crippen LogP contribution >= 0.6 is 0 Å². The molecule has 3 aromatic rings. The summed E-state index contributed by atoms with van der Waals surface area (Å²) < 4.78 is 15.5. The smallest absolute Gasteiger partial charge is 0.310 e. The van der Waals surface area contributed by atoms with Crippen molar-refractivity contribution in [3.8, 4) is 11.5 Å². The molecular formula is C19H16O6. The number of hydrogen-bond donors (Lipinski definition) is 1. The van der Waals surface area contributed by atoms with Crippen molar-refractivity contribution in [2.45, 2.75) is 6.42 Å². The molecule has 0 aliphatic rings. The number of fused-ring (bicyclic) bond motifs is 1. The first-order valence-electron chi connectivity index (χ1n) is 7.59. The molecular weight excluding hydrogens is 324 g/mol. The van der Waals surface area contributed by atoms with Gasteiger partial charge in [-0.3, -0.25) is 9.59 Å². The van der Waals surface area contributed by atoms with Crippen LogP contribution in [0, 0.1) is 0 Å². The third-order valence-electron chi connectivity index (χ3n) is 3.75. The SMILES string of the molecule is COc1ccccc1C(=O)COC(=O)Cc1coc2cc(O)ccc12. The number of benzene rings is 2. The number of ketones is 1. The number of carbonyl (C=O) groups excluding carboxylic acids is 2. The summed E-state index contributed by atoms with van der Waals surface area (Å²) in [5.41, 5.74) is 1.47. The third-order valence-corrected chi connectivity index (χ3v) is 3.75. The fraction of sp³-hybridized carbons (Fsp3) is 0.158. The van der Waals surface area contributed by atoms with Crippen LogP contribution in [0.1, 0.15) is 15.9 Å². The summed E-state index contributed by atoms with van der Waals surface area (Å²) in [5.74, 6) is -0.366. The summed E-state index contributed by atoms with van der Waals surface area (Å²) in [5, 5.41) is 10.1. The largest absolute Gasteiger partial charge is 0.508 e. The quantitative estimate of drug-likeness (QED) is 0.548. The van der Waals surface area contributed by atoms with E-state index < -0.39 is 5.97 Å². The minimum Gasteiger partial charge on any atom is -0.508 e. The monoisotopic (exact) mass is 340 g/mol. The summed E-state index contributed by atoms with van der Waals surface area (Å²) in [6.45, 7) is -0.365. The standard InChI is InChI=1S/C19H16O6/c1-23-17-5-3-2-4-15(17)16(21)11-25-19(22)8-12-10-24-18-9-13(20)6-7-14(12)18/h2-7,9-10,20H,8,11H2,1H3. The van der Waals surface area contributed by atoms with Crippen LogP contribution in [0.15, 0.2) is 53.1 Å². The van der Waals surface area contributed by atoms with Gasteiger partial charge in [-0.25, -0.2) is 0 Å². The Morgan fingerprint density at radius 1 is 1.16 bits per heavy atom. The van der Waals surface area contributed by atoms with E-state index in [4.69, 9.17) is 13.9 Å². The second-order valence-corrected chi connectivity index (χ2v) is 5.40. The van der Waals surface area contributed by atoms with E-state index in [1.54, 1.807) is 30.3 Å². The normalized spacial score (nSPS) is 10.6. The van der Waals surface area contributed by atoms with Crippen LogP contribution in [-0.4, -0.2) is 30.6 Å². The lowest BCUT2D eigenvalue weighted by molar-refractivity contribution is -0.141. The average Bonchev–Trinajstić information content (AvgIpc) is 3.01. The minimum absolute atomic E-state index is 0.0308. The van der Waals surface area contributed by atoms with Gasteiger partial charge in [0, 0.05) is 17.0 Å². The van der Waals surface area contributed by atoms with Crippen LogP contribution in [0.5, 0.6) is 11.5 Å². The summed E-state index contributed by atoms with van der Waals surface area (Å²) in [6, 6.07) is 11.4. The van der Waals surface area contributed by atoms with E-state index in [0.717, 1.165) is 0 Å². The predicted octanol–water partition coefficient (Wildman–Crippen LogP) is 3.12. The molecule has 1 heterocycles. The number of hydrogen-bond acceptors (Lipinski definition) is 6. The number of furan rings is 1. The van der Waals surface area contributed by atoms with E-state index in [1.807, 2.05) is 0 Å².